The molecule has 192 valence electrons. The Balaban J connectivity index is 1.39. The maximum Gasteiger partial charge on any atom is 0.309 e. The number of benzene rings is 1. The van der Waals surface area contributed by atoms with E-state index < -0.39 is 0 Å². The minimum atomic E-state index is -0.367. The molecule has 11 heteroatoms. The lowest BCUT2D eigenvalue weighted by Gasteiger charge is -2.19. The van der Waals surface area contributed by atoms with E-state index in [1.165, 1.54) is 0 Å². The minimum absolute atomic E-state index is 0.0189. The van der Waals surface area contributed by atoms with Crippen molar-refractivity contribution in [2.45, 2.75) is 52.1 Å². The van der Waals surface area contributed by atoms with Gasteiger partial charge in [-0.05, 0) is 43.7 Å². The molecular formula is C26H31N9O2. The Labute approximate surface area is 215 Å². The van der Waals surface area contributed by atoms with Crippen LogP contribution in [0.4, 0.5) is 11.6 Å². The van der Waals surface area contributed by atoms with E-state index in [4.69, 9.17) is 9.40 Å². The van der Waals surface area contributed by atoms with E-state index in [9.17, 15) is 4.79 Å². The topological polar surface area (TPSA) is 138 Å². The Bertz CT molecular complexity index is 1420. The first-order valence-corrected chi connectivity index (χ1v) is 12.2. The minimum Gasteiger partial charge on any atom is -0.416 e. The van der Waals surface area contributed by atoms with Crippen molar-refractivity contribution in [2.75, 3.05) is 18.9 Å². The van der Waals surface area contributed by atoms with Crippen LogP contribution in [0.5, 0.6) is 0 Å². The van der Waals surface area contributed by atoms with Crippen molar-refractivity contribution in [1.82, 2.24) is 40.6 Å². The summed E-state index contributed by atoms with van der Waals surface area (Å²) in [5.74, 6) is 0.543. The number of hydrogen-bond donors (Lipinski definition) is 3. The quantitative estimate of drug-likeness (QED) is 0.371. The number of aryl methyl sites for hydroxylation is 1. The largest absolute Gasteiger partial charge is 0.416 e. The number of rotatable bonds is 5. The summed E-state index contributed by atoms with van der Waals surface area (Å²) >= 11 is 0. The van der Waals surface area contributed by atoms with E-state index >= 15 is 0 Å². The molecular weight excluding hydrogens is 470 g/mol. The second-order valence-corrected chi connectivity index (χ2v) is 10.4. The second-order valence-electron chi connectivity index (χ2n) is 10.4. The zero-order chi connectivity index (χ0) is 26.2. The van der Waals surface area contributed by atoms with Crippen molar-refractivity contribution in [3.05, 3.63) is 65.3 Å². The van der Waals surface area contributed by atoms with Crippen LogP contribution < -0.4 is 10.6 Å². The molecule has 3 N–H and O–H groups in total. The normalized spacial score (nSPS) is 16.2. The highest BCUT2D eigenvalue weighted by Crippen LogP contribution is 2.31. The molecule has 4 aromatic rings. The van der Waals surface area contributed by atoms with Gasteiger partial charge in [-0.25, -0.2) is 9.97 Å². The van der Waals surface area contributed by atoms with Crippen LogP contribution in [0.1, 0.15) is 66.6 Å². The van der Waals surface area contributed by atoms with Gasteiger partial charge in [0.2, 0.25) is 11.8 Å². The number of amides is 1. The Morgan fingerprint density at radius 2 is 2.05 bits per heavy atom. The molecule has 1 aliphatic rings. The van der Waals surface area contributed by atoms with Crippen molar-refractivity contribution < 1.29 is 9.21 Å². The summed E-state index contributed by atoms with van der Waals surface area (Å²) in [4.78, 5) is 24.3. The van der Waals surface area contributed by atoms with Gasteiger partial charge in [-0.15, -0.1) is 10.2 Å². The third-order valence-electron chi connectivity index (χ3n) is 6.35. The molecule has 0 unspecified atom stereocenters. The van der Waals surface area contributed by atoms with Crippen molar-refractivity contribution >= 4 is 17.5 Å². The van der Waals surface area contributed by atoms with Crippen LogP contribution in [0.15, 0.2) is 41.1 Å². The van der Waals surface area contributed by atoms with Crippen LogP contribution in [-0.2, 0) is 12.0 Å². The number of nitrogens with zero attached hydrogens (tertiary/aromatic N) is 6. The lowest BCUT2D eigenvalue weighted by molar-refractivity contribution is 0.0895. The third kappa shape index (κ3) is 5.36. The molecule has 0 spiro atoms. The smallest absolute Gasteiger partial charge is 0.309 e. The summed E-state index contributed by atoms with van der Waals surface area (Å²) in [7, 11) is 2.08. The number of fused-ring (bicyclic) bond motifs is 1. The van der Waals surface area contributed by atoms with Crippen molar-refractivity contribution in [3.8, 4) is 11.3 Å². The summed E-state index contributed by atoms with van der Waals surface area (Å²) in [6, 6.07) is 7.94. The van der Waals surface area contributed by atoms with E-state index in [2.05, 4.69) is 60.1 Å². The number of aromatic amines is 1. The summed E-state index contributed by atoms with van der Waals surface area (Å²) in [6.07, 6.45) is 4.27. The summed E-state index contributed by atoms with van der Waals surface area (Å²) in [5.41, 5.74) is 5.31. The van der Waals surface area contributed by atoms with Gasteiger partial charge < -0.3 is 20.0 Å². The highest BCUT2D eigenvalue weighted by Gasteiger charge is 2.28. The van der Waals surface area contributed by atoms with Crippen LogP contribution in [0.2, 0.25) is 0 Å². The molecule has 0 bridgehead atoms. The van der Waals surface area contributed by atoms with Crippen LogP contribution in [0.3, 0.4) is 0 Å². The number of nitrogens with one attached hydrogen (secondary N) is 3. The maximum atomic E-state index is 13.0. The van der Waals surface area contributed by atoms with Crippen molar-refractivity contribution in [1.29, 1.82) is 0 Å². The second kappa shape index (κ2) is 9.74. The molecule has 1 atom stereocenters. The zero-order valence-corrected chi connectivity index (χ0v) is 21.7. The molecule has 1 aromatic carbocycles. The number of carbonyl (C=O) groups is 1. The Hall–Kier alpha value is -4.12. The van der Waals surface area contributed by atoms with E-state index in [1.807, 2.05) is 39.8 Å². The van der Waals surface area contributed by atoms with Gasteiger partial charge in [0.25, 0.3) is 0 Å². The monoisotopic (exact) mass is 501 g/mol. The van der Waals surface area contributed by atoms with Crippen molar-refractivity contribution in [2.24, 2.45) is 0 Å². The SMILES string of the molecule is Cc1n[nH]cc1Nc1nccc(-c2ccc3c(c2)CN(C)CC[C@@H]3NC(=O)c2nnc(C(C)(C)C)o2)n1. The highest BCUT2D eigenvalue weighted by atomic mass is 16.4. The molecule has 37 heavy (non-hydrogen) atoms. The van der Waals surface area contributed by atoms with Crippen LogP contribution in [0.25, 0.3) is 11.3 Å². The van der Waals surface area contributed by atoms with Gasteiger partial charge in [0.1, 0.15) is 0 Å². The van der Waals surface area contributed by atoms with Gasteiger partial charge in [-0.3, -0.25) is 9.89 Å². The average Bonchev–Trinajstić information content (AvgIpc) is 3.48. The first kappa shape index (κ1) is 24.6. The molecule has 0 aliphatic carbocycles. The van der Waals surface area contributed by atoms with Gasteiger partial charge in [0.15, 0.2) is 0 Å². The summed E-state index contributed by atoms with van der Waals surface area (Å²) in [6.45, 7) is 9.39. The van der Waals surface area contributed by atoms with Gasteiger partial charge in [0.05, 0.1) is 23.1 Å². The van der Waals surface area contributed by atoms with Crippen LogP contribution in [0, 0.1) is 6.92 Å². The molecule has 5 rings (SSSR count). The Morgan fingerprint density at radius 3 is 2.78 bits per heavy atom. The molecule has 11 nitrogen and oxygen atoms in total. The van der Waals surface area contributed by atoms with Crippen molar-refractivity contribution in [3.63, 3.8) is 0 Å². The molecule has 0 saturated carbocycles. The lowest BCUT2D eigenvalue weighted by atomic mass is 9.96. The van der Waals surface area contributed by atoms with Gasteiger partial charge in [0, 0.05) is 36.5 Å². The fraction of sp³-hybridized carbons (Fsp3) is 0.385. The van der Waals surface area contributed by atoms with Crippen LogP contribution >= 0.6 is 0 Å². The molecule has 0 radical (unpaired) electrons. The molecule has 3 aromatic heterocycles. The standard InChI is InChI=1S/C26H31N9O2/c1-15-21(13-28-32-15)31-25-27-10-8-19(30-25)16-6-7-18-17(12-16)14-35(5)11-9-20(18)29-22(36)23-33-34-24(37-23)26(2,3)4/h6-8,10,12-13,20H,9,11,14H2,1-5H3,(H,28,32)(H,29,36)(H,27,30,31)/t20-/m0/s1. The lowest BCUT2D eigenvalue weighted by Crippen LogP contribution is -2.30. The van der Waals surface area contributed by atoms with Gasteiger partial charge in [-0.1, -0.05) is 32.9 Å². The highest BCUT2D eigenvalue weighted by molar-refractivity contribution is 5.89. The van der Waals surface area contributed by atoms with Gasteiger partial charge in [-0.2, -0.15) is 5.10 Å². The fourth-order valence-corrected chi connectivity index (χ4v) is 4.29. The predicted molar refractivity (Wildman–Crippen MR) is 138 cm³/mol. The predicted octanol–water partition coefficient (Wildman–Crippen LogP) is 3.91. The maximum absolute atomic E-state index is 13.0. The first-order chi connectivity index (χ1) is 17.7. The molecule has 4 heterocycles. The number of H-pyrrole nitrogens is 1. The Morgan fingerprint density at radius 1 is 1.22 bits per heavy atom. The fourth-order valence-electron chi connectivity index (χ4n) is 4.29. The summed E-state index contributed by atoms with van der Waals surface area (Å²) < 4.78 is 5.65. The number of hydrogen-bond acceptors (Lipinski definition) is 9. The molecule has 1 amide bonds. The number of aromatic nitrogens is 6. The van der Waals surface area contributed by atoms with Gasteiger partial charge >= 0.3 is 11.8 Å². The first-order valence-electron chi connectivity index (χ1n) is 12.2. The molecule has 1 aliphatic heterocycles. The van der Waals surface area contributed by atoms with E-state index in [-0.39, 0.29) is 23.3 Å². The zero-order valence-electron chi connectivity index (χ0n) is 21.7. The van der Waals surface area contributed by atoms with E-state index in [1.54, 1.807) is 12.4 Å². The number of anilines is 2. The number of carbonyl (C=O) groups excluding carboxylic acids is 1. The van der Waals surface area contributed by atoms with E-state index in [0.717, 1.165) is 53.3 Å². The molecule has 0 saturated heterocycles. The average molecular weight is 502 g/mol. The van der Waals surface area contributed by atoms with Crippen LogP contribution in [-0.4, -0.2) is 54.8 Å². The third-order valence-corrected chi connectivity index (χ3v) is 6.35. The Kier molecular flexibility index (Phi) is 6.46. The van der Waals surface area contributed by atoms with E-state index in [0.29, 0.717) is 11.8 Å². The molecule has 0 fully saturated rings. The summed E-state index contributed by atoms with van der Waals surface area (Å²) in [5, 5.41) is 21.3.